The molecule has 0 spiro atoms. The van der Waals surface area contributed by atoms with Crippen LogP contribution in [0.5, 0.6) is 0 Å². The van der Waals surface area contributed by atoms with Gasteiger partial charge in [-0.2, -0.15) is 0 Å². The first kappa shape index (κ1) is 12.7. The number of benzene rings is 1. The van der Waals surface area contributed by atoms with Crippen LogP contribution in [0.15, 0.2) is 30.5 Å². The second-order valence-corrected chi connectivity index (χ2v) is 5.83. The number of para-hydroxylation sites is 2. The van der Waals surface area contributed by atoms with Crippen LogP contribution in [0.25, 0.3) is 11.0 Å². The number of rotatable bonds is 1. The Morgan fingerprint density at radius 2 is 1.95 bits per heavy atom. The topological polar surface area (TPSA) is 58.1 Å². The fourth-order valence-corrected chi connectivity index (χ4v) is 3.51. The molecule has 0 aliphatic carbocycles. The van der Waals surface area contributed by atoms with Crippen LogP contribution in [-0.2, 0) is 0 Å². The largest absolute Gasteiger partial charge is 0.330 e. The first-order valence-electron chi connectivity index (χ1n) is 7.58. The van der Waals surface area contributed by atoms with Crippen molar-refractivity contribution in [3.05, 3.63) is 36.2 Å². The lowest BCUT2D eigenvalue weighted by Gasteiger charge is -2.27. The summed E-state index contributed by atoms with van der Waals surface area (Å²) >= 11 is 0. The van der Waals surface area contributed by atoms with Gasteiger partial charge in [-0.05, 0) is 37.9 Å². The molecule has 2 saturated heterocycles. The van der Waals surface area contributed by atoms with Gasteiger partial charge in [0, 0.05) is 18.6 Å². The lowest BCUT2D eigenvalue weighted by atomic mass is 10.1. The Hall–Kier alpha value is -2.01. The molecule has 0 saturated carbocycles. The van der Waals surface area contributed by atoms with E-state index < -0.39 is 0 Å². The van der Waals surface area contributed by atoms with Crippen LogP contribution in [-0.4, -0.2) is 45.9 Å². The van der Waals surface area contributed by atoms with Gasteiger partial charge in [0.1, 0.15) is 5.69 Å². The molecule has 1 aromatic carbocycles. The van der Waals surface area contributed by atoms with E-state index in [0.717, 1.165) is 43.4 Å². The van der Waals surface area contributed by atoms with Crippen molar-refractivity contribution in [3.63, 3.8) is 0 Å². The molecule has 2 aromatic rings. The van der Waals surface area contributed by atoms with Crippen LogP contribution in [0.2, 0.25) is 0 Å². The van der Waals surface area contributed by atoms with Crippen molar-refractivity contribution in [2.75, 3.05) is 13.1 Å². The minimum Gasteiger partial charge on any atom is -0.330 e. The van der Waals surface area contributed by atoms with Crippen molar-refractivity contribution in [2.24, 2.45) is 0 Å². The van der Waals surface area contributed by atoms with Gasteiger partial charge in [0.05, 0.1) is 17.2 Å². The summed E-state index contributed by atoms with van der Waals surface area (Å²) in [5.41, 5.74) is 2.07. The second kappa shape index (κ2) is 5.07. The van der Waals surface area contributed by atoms with Crippen molar-refractivity contribution in [3.8, 4) is 0 Å². The average Bonchev–Trinajstić information content (AvgIpc) is 2.79. The van der Waals surface area contributed by atoms with Crippen LogP contribution in [0.3, 0.4) is 0 Å². The monoisotopic (exact) mass is 282 g/mol. The van der Waals surface area contributed by atoms with Gasteiger partial charge in [0.25, 0.3) is 5.91 Å². The van der Waals surface area contributed by atoms with Crippen molar-refractivity contribution >= 4 is 16.9 Å². The normalized spacial score (nSPS) is 25.0. The molecule has 5 heteroatoms. The number of nitrogens with zero attached hydrogens (tertiary/aromatic N) is 3. The highest BCUT2D eigenvalue weighted by Crippen LogP contribution is 2.29. The first-order chi connectivity index (χ1) is 10.3. The molecule has 2 aliphatic heterocycles. The quantitative estimate of drug-likeness (QED) is 0.863. The van der Waals surface area contributed by atoms with E-state index in [1.54, 1.807) is 6.20 Å². The molecule has 1 N–H and O–H groups in total. The van der Waals surface area contributed by atoms with E-state index in [0.29, 0.717) is 17.8 Å². The molecule has 1 amide bonds. The highest BCUT2D eigenvalue weighted by atomic mass is 16.2. The van der Waals surface area contributed by atoms with Crippen LogP contribution in [0.4, 0.5) is 0 Å². The number of hydrogen-bond acceptors (Lipinski definition) is 4. The SMILES string of the molecule is O=C(c1cnc2ccccc2n1)N1C2CCNCC1CC2. The molecule has 3 heterocycles. The molecular weight excluding hydrogens is 264 g/mol. The van der Waals surface area contributed by atoms with Gasteiger partial charge in [-0.25, -0.2) is 4.98 Å². The second-order valence-electron chi connectivity index (χ2n) is 5.83. The Morgan fingerprint density at radius 3 is 2.86 bits per heavy atom. The van der Waals surface area contributed by atoms with Gasteiger partial charge in [0.15, 0.2) is 0 Å². The Bertz CT molecular complexity index is 673. The van der Waals surface area contributed by atoms with Crippen molar-refractivity contribution in [2.45, 2.75) is 31.3 Å². The van der Waals surface area contributed by atoms with E-state index in [2.05, 4.69) is 15.3 Å². The van der Waals surface area contributed by atoms with Crippen LogP contribution >= 0.6 is 0 Å². The van der Waals surface area contributed by atoms with Crippen molar-refractivity contribution < 1.29 is 4.79 Å². The smallest absolute Gasteiger partial charge is 0.274 e. The number of fused-ring (bicyclic) bond motifs is 3. The standard InChI is InChI=1S/C16H18N4O/c21-16(20-11-5-6-12(20)9-17-8-7-11)15-10-18-13-3-1-2-4-14(13)19-15/h1-4,10-12,17H,5-9H2. The zero-order valence-corrected chi connectivity index (χ0v) is 11.8. The maximum atomic E-state index is 12.9. The molecule has 2 atom stereocenters. The predicted molar refractivity (Wildman–Crippen MR) is 80.0 cm³/mol. The van der Waals surface area contributed by atoms with Gasteiger partial charge in [-0.1, -0.05) is 12.1 Å². The van der Waals surface area contributed by atoms with E-state index >= 15 is 0 Å². The number of carbonyl (C=O) groups excluding carboxylic acids is 1. The van der Waals surface area contributed by atoms with Gasteiger partial charge >= 0.3 is 0 Å². The minimum atomic E-state index is 0.0319. The third kappa shape index (κ3) is 2.17. The summed E-state index contributed by atoms with van der Waals surface area (Å²) in [5, 5.41) is 3.41. The van der Waals surface area contributed by atoms with Crippen LogP contribution in [0, 0.1) is 0 Å². The number of hydrogen-bond donors (Lipinski definition) is 1. The molecular formula is C16H18N4O. The molecule has 1 aromatic heterocycles. The Labute approximate surface area is 123 Å². The summed E-state index contributed by atoms with van der Waals surface area (Å²) in [6.45, 7) is 1.89. The Balaban J connectivity index is 1.69. The van der Waals surface area contributed by atoms with Gasteiger partial charge < -0.3 is 10.2 Å². The van der Waals surface area contributed by atoms with Gasteiger partial charge in [-0.3, -0.25) is 9.78 Å². The number of amides is 1. The van der Waals surface area contributed by atoms with E-state index in [1.807, 2.05) is 29.2 Å². The highest BCUT2D eigenvalue weighted by molar-refractivity contribution is 5.94. The van der Waals surface area contributed by atoms with Crippen LogP contribution < -0.4 is 5.32 Å². The summed E-state index contributed by atoms with van der Waals surface area (Å²) < 4.78 is 0. The molecule has 108 valence electrons. The summed E-state index contributed by atoms with van der Waals surface area (Å²) in [4.78, 5) is 23.8. The molecule has 4 rings (SSSR count). The minimum absolute atomic E-state index is 0.0319. The third-order valence-electron chi connectivity index (χ3n) is 4.56. The maximum Gasteiger partial charge on any atom is 0.274 e. The summed E-state index contributed by atoms with van der Waals surface area (Å²) in [5.74, 6) is 0.0319. The molecule has 2 unspecified atom stereocenters. The molecule has 2 aliphatic rings. The Kier molecular flexibility index (Phi) is 3.07. The third-order valence-corrected chi connectivity index (χ3v) is 4.56. The summed E-state index contributed by atoms with van der Waals surface area (Å²) in [6, 6.07) is 8.32. The lowest BCUT2D eigenvalue weighted by Crippen LogP contribution is -2.42. The molecule has 2 fully saturated rings. The highest BCUT2D eigenvalue weighted by Gasteiger charge is 2.38. The zero-order valence-electron chi connectivity index (χ0n) is 11.8. The molecule has 2 bridgehead atoms. The van der Waals surface area contributed by atoms with E-state index in [9.17, 15) is 4.79 Å². The fourth-order valence-electron chi connectivity index (χ4n) is 3.51. The van der Waals surface area contributed by atoms with Crippen LogP contribution in [0.1, 0.15) is 29.8 Å². The molecule has 5 nitrogen and oxygen atoms in total. The summed E-state index contributed by atoms with van der Waals surface area (Å²) in [6.07, 6.45) is 4.84. The van der Waals surface area contributed by atoms with Crippen molar-refractivity contribution in [1.82, 2.24) is 20.2 Å². The zero-order chi connectivity index (χ0) is 14.2. The van der Waals surface area contributed by atoms with Crippen molar-refractivity contribution in [1.29, 1.82) is 0 Å². The predicted octanol–water partition coefficient (Wildman–Crippen LogP) is 1.60. The number of carbonyl (C=O) groups is 1. The van der Waals surface area contributed by atoms with Gasteiger partial charge in [-0.15, -0.1) is 0 Å². The molecule has 0 radical (unpaired) electrons. The lowest BCUT2D eigenvalue weighted by molar-refractivity contribution is 0.0674. The Morgan fingerprint density at radius 1 is 1.14 bits per heavy atom. The van der Waals surface area contributed by atoms with E-state index in [1.165, 1.54) is 0 Å². The average molecular weight is 282 g/mol. The number of aromatic nitrogens is 2. The number of nitrogens with one attached hydrogen (secondary N) is 1. The van der Waals surface area contributed by atoms with E-state index in [-0.39, 0.29) is 5.91 Å². The summed E-state index contributed by atoms with van der Waals surface area (Å²) in [7, 11) is 0. The molecule has 21 heavy (non-hydrogen) atoms. The maximum absolute atomic E-state index is 12.9. The van der Waals surface area contributed by atoms with E-state index in [4.69, 9.17) is 0 Å². The first-order valence-corrected chi connectivity index (χ1v) is 7.58. The van der Waals surface area contributed by atoms with Gasteiger partial charge in [0.2, 0.25) is 0 Å². The fraction of sp³-hybridized carbons (Fsp3) is 0.438.